The number of nitrogen functional groups attached to an aromatic ring is 1. The van der Waals surface area contributed by atoms with E-state index in [1.54, 1.807) is 0 Å². The van der Waals surface area contributed by atoms with E-state index in [1.165, 1.54) is 10.5 Å². The first-order valence-electron chi connectivity index (χ1n) is 6.63. The fourth-order valence-electron chi connectivity index (χ4n) is 2.48. The topological polar surface area (TPSA) is 43.1 Å². The van der Waals surface area contributed by atoms with Crippen molar-refractivity contribution in [1.29, 1.82) is 0 Å². The van der Waals surface area contributed by atoms with Gasteiger partial charge >= 0.3 is 0 Å². The summed E-state index contributed by atoms with van der Waals surface area (Å²) in [6.07, 6.45) is 1.01. The number of nitrogens with two attached hydrogens (primary N) is 1. The molecule has 2 N–H and O–H groups in total. The Hall–Kier alpha value is -1.26. The van der Waals surface area contributed by atoms with E-state index >= 15 is 0 Å². The van der Waals surface area contributed by atoms with Crippen LogP contribution in [0.2, 0.25) is 0 Å². The van der Waals surface area contributed by atoms with Gasteiger partial charge in [0, 0.05) is 26.5 Å². The molecule has 0 bridgehead atoms. The van der Waals surface area contributed by atoms with E-state index in [-0.39, 0.29) is 0 Å². The maximum atomic E-state index is 12.6. The van der Waals surface area contributed by atoms with Crippen molar-refractivity contribution in [1.82, 2.24) is 0 Å². The zero-order chi connectivity index (χ0) is 14.1. The molecule has 0 aromatic heterocycles. The molecule has 0 saturated carbocycles. The molecule has 0 saturated heterocycles. The molecule has 0 fully saturated rings. The normalized spacial score (nSPS) is 18.8. The molecule has 2 nitrogen and oxygen atoms in total. The van der Waals surface area contributed by atoms with Gasteiger partial charge in [-0.1, -0.05) is 24.3 Å². The summed E-state index contributed by atoms with van der Waals surface area (Å²) in [6.45, 7) is 1.94. The third-order valence-electron chi connectivity index (χ3n) is 3.62. The minimum atomic E-state index is -0.984. The smallest absolute Gasteiger partial charge is 0.0544 e. The molecule has 2 atom stereocenters. The highest BCUT2D eigenvalue weighted by Gasteiger charge is 2.24. The Morgan fingerprint density at radius 1 is 1.25 bits per heavy atom. The van der Waals surface area contributed by atoms with Gasteiger partial charge in [-0.05, 0) is 42.7 Å². The van der Waals surface area contributed by atoms with Gasteiger partial charge < -0.3 is 5.73 Å². The maximum absolute atomic E-state index is 12.6. The molecule has 104 valence electrons. The summed E-state index contributed by atoms with van der Waals surface area (Å²) in [5, 5.41) is 0.397. The van der Waals surface area contributed by atoms with Crippen molar-refractivity contribution in [3.05, 3.63) is 53.6 Å². The Bertz CT molecular complexity index is 644. The summed E-state index contributed by atoms with van der Waals surface area (Å²) < 4.78 is 12.6. The van der Waals surface area contributed by atoms with Gasteiger partial charge in [0.25, 0.3) is 0 Å². The number of fused-ring (bicyclic) bond motifs is 1. The van der Waals surface area contributed by atoms with Gasteiger partial charge in [0.05, 0.1) is 10.8 Å². The molecule has 1 aliphatic rings. The van der Waals surface area contributed by atoms with Gasteiger partial charge in [-0.2, -0.15) is 0 Å². The van der Waals surface area contributed by atoms with Crippen molar-refractivity contribution in [2.75, 3.05) is 11.5 Å². The molecule has 4 heteroatoms. The molecular weight excluding hydrogens is 286 g/mol. The Balaban J connectivity index is 1.74. The fourth-order valence-corrected chi connectivity index (χ4v) is 5.53. The number of rotatable bonds is 3. The zero-order valence-electron chi connectivity index (χ0n) is 11.3. The van der Waals surface area contributed by atoms with Crippen LogP contribution < -0.4 is 5.73 Å². The Morgan fingerprint density at radius 3 is 2.85 bits per heavy atom. The molecule has 1 aliphatic heterocycles. The summed E-state index contributed by atoms with van der Waals surface area (Å²) in [5.41, 5.74) is 8.95. The minimum Gasteiger partial charge on any atom is -0.398 e. The van der Waals surface area contributed by atoms with E-state index in [9.17, 15) is 4.21 Å². The van der Waals surface area contributed by atoms with Crippen LogP contribution in [0.25, 0.3) is 0 Å². The molecule has 2 aromatic carbocycles. The zero-order valence-corrected chi connectivity index (χ0v) is 13.0. The third-order valence-corrected chi connectivity index (χ3v) is 6.79. The highest BCUT2D eigenvalue weighted by molar-refractivity contribution is 8.01. The first-order chi connectivity index (χ1) is 9.65. The predicted octanol–water partition coefficient (Wildman–Crippen LogP) is 3.40. The maximum Gasteiger partial charge on any atom is 0.0544 e. The summed E-state index contributed by atoms with van der Waals surface area (Å²) in [7, 11) is -0.984. The van der Waals surface area contributed by atoms with E-state index < -0.39 is 10.8 Å². The SMILES string of the molecule is Cc1c(N)cccc1S(=O)CC1Cc2ccccc2S1. The monoisotopic (exact) mass is 303 g/mol. The van der Waals surface area contributed by atoms with E-state index in [2.05, 4.69) is 24.3 Å². The molecule has 0 amide bonds. The van der Waals surface area contributed by atoms with Crippen LogP contribution in [0.1, 0.15) is 11.1 Å². The van der Waals surface area contributed by atoms with Crippen molar-refractivity contribution in [3.63, 3.8) is 0 Å². The second kappa shape index (κ2) is 5.62. The number of thioether (sulfide) groups is 1. The second-order valence-corrected chi connectivity index (χ2v) is 7.84. The second-order valence-electron chi connectivity index (χ2n) is 5.03. The third kappa shape index (κ3) is 2.63. The molecule has 2 aromatic rings. The molecule has 3 rings (SSSR count). The average molecular weight is 303 g/mol. The van der Waals surface area contributed by atoms with Gasteiger partial charge in [0.2, 0.25) is 0 Å². The summed E-state index contributed by atoms with van der Waals surface area (Å²) >= 11 is 1.84. The number of anilines is 1. The predicted molar refractivity (Wildman–Crippen MR) is 86.7 cm³/mol. The van der Waals surface area contributed by atoms with Gasteiger partial charge in [0.1, 0.15) is 0 Å². The molecule has 2 unspecified atom stereocenters. The van der Waals surface area contributed by atoms with Crippen LogP contribution in [0, 0.1) is 6.92 Å². The Morgan fingerprint density at radius 2 is 2.05 bits per heavy atom. The number of hydrogen-bond donors (Lipinski definition) is 1. The quantitative estimate of drug-likeness (QED) is 0.884. The van der Waals surface area contributed by atoms with Crippen LogP contribution in [0.4, 0.5) is 5.69 Å². The van der Waals surface area contributed by atoms with Crippen molar-refractivity contribution in [2.24, 2.45) is 0 Å². The Labute approximate surface area is 126 Å². The molecule has 20 heavy (non-hydrogen) atoms. The van der Waals surface area contributed by atoms with Crippen molar-refractivity contribution in [2.45, 2.75) is 28.4 Å². The van der Waals surface area contributed by atoms with E-state index in [4.69, 9.17) is 5.73 Å². The highest BCUT2D eigenvalue weighted by Crippen LogP contribution is 2.37. The fraction of sp³-hybridized carbons (Fsp3) is 0.250. The standard InChI is InChI=1S/C16H17NOS2/c1-11-14(17)6-4-8-16(11)20(18)10-13-9-12-5-2-3-7-15(12)19-13/h2-8,13H,9-10,17H2,1H3. The van der Waals surface area contributed by atoms with Gasteiger partial charge in [-0.15, -0.1) is 11.8 Å². The molecule has 0 spiro atoms. The molecule has 0 aliphatic carbocycles. The first kappa shape index (κ1) is 13.7. The summed E-state index contributed by atoms with van der Waals surface area (Å²) in [5.74, 6) is 0.684. The first-order valence-corrected chi connectivity index (χ1v) is 8.83. The van der Waals surface area contributed by atoms with E-state index in [0.29, 0.717) is 11.0 Å². The minimum absolute atomic E-state index is 0.397. The van der Waals surface area contributed by atoms with Crippen molar-refractivity contribution in [3.8, 4) is 0 Å². The van der Waals surface area contributed by atoms with Crippen LogP contribution in [0.15, 0.2) is 52.3 Å². The van der Waals surface area contributed by atoms with Crippen LogP contribution in [-0.2, 0) is 17.2 Å². The average Bonchev–Trinajstić information content (AvgIpc) is 2.83. The summed E-state index contributed by atoms with van der Waals surface area (Å²) in [6, 6.07) is 14.1. The lowest BCUT2D eigenvalue weighted by Crippen LogP contribution is -2.14. The van der Waals surface area contributed by atoms with Gasteiger partial charge in [-0.25, -0.2) is 0 Å². The highest BCUT2D eigenvalue weighted by atomic mass is 32.2. The van der Waals surface area contributed by atoms with Crippen molar-refractivity contribution >= 4 is 28.2 Å². The molecular formula is C16H17NOS2. The van der Waals surface area contributed by atoms with Gasteiger partial charge in [0.15, 0.2) is 0 Å². The molecule has 0 radical (unpaired) electrons. The Kier molecular flexibility index (Phi) is 3.85. The lowest BCUT2D eigenvalue weighted by atomic mass is 10.1. The molecule has 1 heterocycles. The van der Waals surface area contributed by atoms with Crippen LogP contribution in [0.3, 0.4) is 0 Å². The lowest BCUT2D eigenvalue weighted by molar-refractivity contribution is 0.681. The van der Waals surface area contributed by atoms with Crippen molar-refractivity contribution < 1.29 is 4.21 Å². The van der Waals surface area contributed by atoms with Crippen LogP contribution >= 0.6 is 11.8 Å². The van der Waals surface area contributed by atoms with Gasteiger partial charge in [-0.3, -0.25) is 4.21 Å². The van der Waals surface area contributed by atoms with E-state index in [0.717, 1.165) is 22.6 Å². The number of benzene rings is 2. The van der Waals surface area contributed by atoms with Crippen LogP contribution in [-0.4, -0.2) is 15.2 Å². The van der Waals surface area contributed by atoms with E-state index in [1.807, 2.05) is 36.9 Å². The number of hydrogen-bond acceptors (Lipinski definition) is 3. The largest absolute Gasteiger partial charge is 0.398 e. The summed E-state index contributed by atoms with van der Waals surface area (Å²) in [4.78, 5) is 2.21. The lowest BCUT2D eigenvalue weighted by Gasteiger charge is -2.11. The van der Waals surface area contributed by atoms with Crippen LogP contribution in [0.5, 0.6) is 0 Å².